The van der Waals surface area contributed by atoms with E-state index < -0.39 is 6.04 Å². The predicted octanol–water partition coefficient (Wildman–Crippen LogP) is 0.978. The van der Waals surface area contributed by atoms with Gasteiger partial charge in [0.25, 0.3) is 0 Å². The number of thioether (sulfide) groups is 1. The molecule has 1 aliphatic heterocycles. The van der Waals surface area contributed by atoms with Gasteiger partial charge >= 0.3 is 0 Å². The summed E-state index contributed by atoms with van der Waals surface area (Å²) in [5, 5.41) is 2.69. The number of anilines is 1. The van der Waals surface area contributed by atoms with Gasteiger partial charge in [0.2, 0.25) is 11.8 Å². The number of hydrogen-bond donors (Lipinski definition) is 3. The highest BCUT2D eigenvalue weighted by Gasteiger charge is 2.28. The summed E-state index contributed by atoms with van der Waals surface area (Å²) in [7, 11) is 0. The molecule has 1 atom stereocenters. The molecule has 1 unspecified atom stereocenters. The molecule has 0 bridgehead atoms. The highest BCUT2D eigenvalue weighted by molar-refractivity contribution is 9.10. The molecule has 1 aliphatic rings. The number of fused-ring (bicyclic) bond motifs is 1. The number of carbonyl (C=O) groups excluding carboxylic acids is 2. The number of nitrogens with two attached hydrogens (primary N) is 2. The standard InChI is InChI=1S/C10H10BrN3O2S/c11-5-1-4-6(14-10(16)9(4)13)2-7(5)17-3-8(12)15/h1-2,9H,3,13H2,(H2,12,15)(H,14,16). The lowest BCUT2D eigenvalue weighted by Crippen LogP contribution is -2.19. The lowest BCUT2D eigenvalue weighted by molar-refractivity contribution is -0.117. The van der Waals surface area contributed by atoms with Gasteiger partial charge in [-0.05, 0) is 28.1 Å². The molecule has 1 aromatic carbocycles. The van der Waals surface area contributed by atoms with Gasteiger partial charge in [0, 0.05) is 20.6 Å². The van der Waals surface area contributed by atoms with Crippen LogP contribution in [0, 0.1) is 0 Å². The summed E-state index contributed by atoms with van der Waals surface area (Å²) in [6.45, 7) is 0. The minimum atomic E-state index is -0.628. The molecule has 0 fully saturated rings. The van der Waals surface area contributed by atoms with E-state index in [-0.39, 0.29) is 17.6 Å². The molecule has 0 spiro atoms. The molecular formula is C10H10BrN3O2S. The van der Waals surface area contributed by atoms with Crippen molar-refractivity contribution in [2.24, 2.45) is 11.5 Å². The Hall–Kier alpha value is -1.05. The second kappa shape index (κ2) is 4.67. The van der Waals surface area contributed by atoms with Crippen LogP contribution in [0.4, 0.5) is 5.69 Å². The number of halogens is 1. The third-order valence-electron chi connectivity index (χ3n) is 2.35. The van der Waals surface area contributed by atoms with Gasteiger partial charge in [-0.25, -0.2) is 0 Å². The summed E-state index contributed by atoms with van der Waals surface area (Å²) in [5.74, 6) is -0.413. The Kier molecular flexibility index (Phi) is 3.41. The van der Waals surface area contributed by atoms with E-state index in [1.165, 1.54) is 11.8 Å². The minimum Gasteiger partial charge on any atom is -0.369 e. The molecule has 0 aliphatic carbocycles. The zero-order valence-corrected chi connectivity index (χ0v) is 11.1. The van der Waals surface area contributed by atoms with Crippen molar-refractivity contribution in [3.8, 4) is 0 Å². The van der Waals surface area contributed by atoms with Crippen LogP contribution in [0.1, 0.15) is 11.6 Å². The number of benzene rings is 1. The van der Waals surface area contributed by atoms with Crippen molar-refractivity contribution in [2.75, 3.05) is 11.1 Å². The monoisotopic (exact) mass is 315 g/mol. The Balaban J connectivity index is 2.30. The summed E-state index contributed by atoms with van der Waals surface area (Å²) in [6.07, 6.45) is 0. The molecule has 5 N–H and O–H groups in total. The summed E-state index contributed by atoms with van der Waals surface area (Å²) >= 11 is 4.69. The van der Waals surface area contributed by atoms with Gasteiger partial charge in [-0.2, -0.15) is 0 Å². The number of rotatable bonds is 3. The van der Waals surface area contributed by atoms with Crippen LogP contribution in [0.3, 0.4) is 0 Å². The van der Waals surface area contributed by atoms with Gasteiger partial charge in [0.15, 0.2) is 0 Å². The van der Waals surface area contributed by atoms with Crippen LogP contribution < -0.4 is 16.8 Å². The Morgan fingerprint density at radius 3 is 2.88 bits per heavy atom. The molecule has 17 heavy (non-hydrogen) atoms. The smallest absolute Gasteiger partial charge is 0.245 e. The summed E-state index contributed by atoms with van der Waals surface area (Å²) < 4.78 is 0.800. The van der Waals surface area contributed by atoms with Crippen LogP contribution >= 0.6 is 27.7 Å². The van der Waals surface area contributed by atoms with Crippen molar-refractivity contribution < 1.29 is 9.59 Å². The van der Waals surface area contributed by atoms with Crippen LogP contribution in [0.25, 0.3) is 0 Å². The van der Waals surface area contributed by atoms with Crippen LogP contribution in [0.5, 0.6) is 0 Å². The van der Waals surface area contributed by atoms with Crippen LogP contribution in [-0.2, 0) is 9.59 Å². The molecule has 0 saturated carbocycles. The van der Waals surface area contributed by atoms with Crippen molar-refractivity contribution in [3.63, 3.8) is 0 Å². The van der Waals surface area contributed by atoms with Crippen LogP contribution in [0.15, 0.2) is 21.5 Å². The number of hydrogen-bond acceptors (Lipinski definition) is 4. The maximum absolute atomic E-state index is 11.4. The third-order valence-corrected chi connectivity index (χ3v) is 4.35. The minimum absolute atomic E-state index is 0.192. The van der Waals surface area contributed by atoms with Gasteiger partial charge in [0.1, 0.15) is 6.04 Å². The molecule has 90 valence electrons. The largest absolute Gasteiger partial charge is 0.369 e. The molecule has 0 radical (unpaired) electrons. The number of nitrogens with one attached hydrogen (secondary N) is 1. The fourth-order valence-corrected chi connectivity index (χ4v) is 2.95. The molecule has 2 rings (SSSR count). The molecular weight excluding hydrogens is 306 g/mol. The average Bonchev–Trinajstić information content (AvgIpc) is 2.52. The van der Waals surface area contributed by atoms with E-state index in [1.807, 2.05) is 0 Å². The predicted molar refractivity (Wildman–Crippen MR) is 69.6 cm³/mol. The number of amides is 2. The maximum atomic E-state index is 11.4. The highest BCUT2D eigenvalue weighted by atomic mass is 79.9. The van der Waals surface area contributed by atoms with E-state index in [0.717, 1.165) is 14.9 Å². The quantitative estimate of drug-likeness (QED) is 0.724. The van der Waals surface area contributed by atoms with Gasteiger partial charge in [-0.15, -0.1) is 11.8 Å². The first-order valence-corrected chi connectivity index (χ1v) is 6.58. The van der Waals surface area contributed by atoms with E-state index in [2.05, 4.69) is 21.2 Å². The zero-order chi connectivity index (χ0) is 12.6. The van der Waals surface area contributed by atoms with E-state index >= 15 is 0 Å². The Labute approximate surface area is 110 Å². The lowest BCUT2D eigenvalue weighted by atomic mass is 10.1. The SMILES string of the molecule is NC(=O)CSc1cc2c(cc1Br)C(N)C(=O)N2. The van der Waals surface area contributed by atoms with Crippen molar-refractivity contribution in [3.05, 3.63) is 22.2 Å². The fourth-order valence-electron chi connectivity index (χ4n) is 1.55. The first-order chi connectivity index (χ1) is 7.99. The molecule has 2 amide bonds. The first kappa shape index (κ1) is 12.4. The Morgan fingerprint density at radius 1 is 1.53 bits per heavy atom. The van der Waals surface area contributed by atoms with Crippen molar-refractivity contribution in [1.82, 2.24) is 0 Å². The topological polar surface area (TPSA) is 98.2 Å². The Bertz CT molecular complexity index is 507. The zero-order valence-electron chi connectivity index (χ0n) is 8.70. The second-order valence-corrected chi connectivity index (χ2v) is 5.46. The maximum Gasteiger partial charge on any atom is 0.245 e. The van der Waals surface area contributed by atoms with Gasteiger partial charge in [-0.1, -0.05) is 0 Å². The van der Waals surface area contributed by atoms with Crippen LogP contribution in [0.2, 0.25) is 0 Å². The molecule has 7 heteroatoms. The molecule has 0 aromatic heterocycles. The molecule has 1 heterocycles. The van der Waals surface area contributed by atoms with E-state index in [0.29, 0.717) is 5.69 Å². The van der Waals surface area contributed by atoms with E-state index in [1.54, 1.807) is 12.1 Å². The van der Waals surface area contributed by atoms with Gasteiger partial charge in [0.05, 0.1) is 5.75 Å². The molecule has 1 aromatic rings. The summed E-state index contributed by atoms with van der Waals surface area (Å²) in [5.41, 5.74) is 12.2. The first-order valence-electron chi connectivity index (χ1n) is 4.80. The van der Waals surface area contributed by atoms with Crippen molar-refractivity contribution >= 4 is 45.2 Å². The lowest BCUT2D eigenvalue weighted by Gasteiger charge is -2.07. The summed E-state index contributed by atoms with van der Waals surface area (Å²) in [6, 6.07) is 2.95. The molecule has 0 saturated heterocycles. The average molecular weight is 316 g/mol. The third kappa shape index (κ3) is 2.46. The van der Waals surface area contributed by atoms with E-state index in [9.17, 15) is 9.59 Å². The van der Waals surface area contributed by atoms with Crippen LogP contribution in [-0.4, -0.2) is 17.6 Å². The fraction of sp³-hybridized carbons (Fsp3) is 0.200. The van der Waals surface area contributed by atoms with Crippen molar-refractivity contribution in [2.45, 2.75) is 10.9 Å². The normalized spacial score (nSPS) is 17.8. The van der Waals surface area contributed by atoms with Gasteiger partial charge in [-0.3, -0.25) is 9.59 Å². The number of primary amides is 1. The van der Waals surface area contributed by atoms with Crippen molar-refractivity contribution in [1.29, 1.82) is 0 Å². The molecule has 5 nitrogen and oxygen atoms in total. The highest BCUT2D eigenvalue weighted by Crippen LogP contribution is 2.38. The summed E-state index contributed by atoms with van der Waals surface area (Å²) in [4.78, 5) is 22.9. The Morgan fingerprint density at radius 2 is 2.24 bits per heavy atom. The second-order valence-electron chi connectivity index (χ2n) is 3.59. The van der Waals surface area contributed by atoms with E-state index in [4.69, 9.17) is 11.5 Å². The number of carbonyl (C=O) groups is 2. The van der Waals surface area contributed by atoms with Gasteiger partial charge < -0.3 is 16.8 Å².